The van der Waals surface area contributed by atoms with Crippen LogP contribution < -0.4 is 4.74 Å². The summed E-state index contributed by atoms with van der Waals surface area (Å²) < 4.78 is 35.7. The predicted octanol–water partition coefficient (Wildman–Crippen LogP) is 10.5. The average Bonchev–Trinajstić information content (AvgIpc) is 2.91. The third-order valence-corrected chi connectivity index (χ3v) is 8.94. The van der Waals surface area contributed by atoms with Gasteiger partial charge in [0.15, 0.2) is 11.6 Å². The molecule has 0 heterocycles. The lowest BCUT2D eigenvalue weighted by Gasteiger charge is -2.28. The molecule has 2 aliphatic rings. The van der Waals surface area contributed by atoms with E-state index in [4.69, 9.17) is 4.74 Å². The van der Waals surface area contributed by atoms with Crippen LogP contribution in [0.25, 0.3) is 11.1 Å². The van der Waals surface area contributed by atoms with E-state index in [0.29, 0.717) is 24.0 Å². The zero-order valence-electron chi connectivity index (χ0n) is 22.5. The molecular formula is C33H46F2O. The molecule has 0 aliphatic heterocycles. The number of benzene rings is 2. The minimum absolute atomic E-state index is 0.0433. The van der Waals surface area contributed by atoms with Crippen LogP contribution in [0.15, 0.2) is 36.4 Å². The second-order valence-electron chi connectivity index (χ2n) is 11.6. The topological polar surface area (TPSA) is 9.23 Å². The third kappa shape index (κ3) is 7.11. The number of ether oxygens (including phenoxy) is 1. The number of hydrogen-bond donors (Lipinski definition) is 0. The molecule has 36 heavy (non-hydrogen) atoms. The minimum atomic E-state index is -0.862. The summed E-state index contributed by atoms with van der Waals surface area (Å²) in [5.41, 5.74) is 2.36. The summed E-state index contributed by atoms with van der Waals surface area (Å²) in [4.78, 5) is 0. The van der Waals surface area contributed by atoms with Gasteiger partial charge in [-0.15, -0.1) is 0 Å². The Morgan fingerprint density at radius 3 is 1.97 bits per heavy atom. The van der Waals surface area contributed by atoms with Crippen molar-refractivity contribution in [1.29, 1.82) is 0 Å². The summed E-state index contributed by atoms with van der Waals surface area (Å²) in [6, 6.07) is 11.4. The summed E-state index contributed by atoms with van der Waals surface area (Å²) in [6.45, 7) is 5.00. The Kier molecular flexibility index (Phi) is 10.2. The predicted molar refractivity (Wildman–Crippen MR) is 146 cm³/mol. The van der Waals surface area contributed by atoms with Gasteiger partial charge in [-0.1, -0.05) is 89.5 Å². The molecule has 0 amide bonds. The Morgan fingerprint density at radius 2 is 1.31 bits per heavy atom. The summed E-state index contributed by atoms with van der Waals surface area (Å²) >= 11 is 0. The van der Waals surface area contributed by atoms with Gasteiger partial charge in [-0.25, -0.2) is 4.39 Å². The zero-order valence-corrected chi connectivity index (χ0v) is 22.5. The summed E-state index contributed by atoms with van der Waals surface area (Å²) in [6.07, 6.45) is 17.7. The Morgan fingerprint density at radius 1 is 0.667 bits per heavy atom. The standard InChI is InChI=1S/C33H46F2O/c1-3-5-6-8-25-9-11-26(12-10-25)23-36-31-22-21-30(32(34)33(31)35)29-19-17-28(18-20-29)27-15-13-24(7-4-2)14-16-27/h17-22,24-27H,3-16,23H2,1-2H3. The van der Waals surface area contributed by atoms with Crippen molar-refractivity contribution in [2.75, 3.05) is 6.61 Å². The van der Waals surface area contributed by atoms with Crippen LogP contribution in [0.4, 0.5) is 8.78 Å². The summed E-state index contributed by atoms with van der Waals surface area (Å²) in [5, 5.41) is 0. The van der Waals surface area contributed by atoms with Crippen LogP contribution in [0.5, 0.6) is 5.75 Å². The van der Waals surface area contributed by atoms with E-state index in [1.54, 1.807) is 12.1 Å². The van der Waals surface area contributed by atoms with Gasteiger partial charge in [-0.3, -0.25) is 0 Å². The highest BCUT2D eigenvalue weighted by molar-refractivity contribution is 5.65. The Labute approximate surface area is 218 Å². The van der Waals surface area contributed by atoms with E-state index >= 15 is 4.39 Å². The van der Waals surface area contributed by atoms with Crippen LogP contribution in [-0.2, 0) is 0 Å². The van der Waals surface area contributed by atoms with Gasteiger partial charge in [-0.05, 0) is 85.5 Å². The Hall–Kier alpha value is -1.90. The van der Waals surface area contributed by atoms with Crippen LogP contribution in [0.1, 0.15) is 115 Å². The van der Waals surface area contributed by atoms with E-state index in [2.05, 4.69) is 26.0 Å². The molecule has 0 unspecified atom stereocenters. The number of hydrogen-bond acceptors (Lipinski definition) is 1. The first-order valence-corrected chi connectivity index (χ1v) is 14.8. The van der Waals surface area contributed by atoms with Crippen LogP contribution in [0, 0.1) is 29.4 Å². The maximum Gasteiger partial charge on any atom is 0.201 e. The molecule has 4 rings (SSSR count). The van der Waals surface area contributed by atoms with Crippen LogP contribution >= 0.6 is 0 Å². The van der Waals surface area contributed by atoms with Crippen molar-refractivity contribution in [1.82, 2.24) is 0 Å². The molecule has 198 valence electrons. The maximum absolute atomic E-state index is 15.0. The minimum Gasteiger partial charge on any atom is -0.490 e. The highest BCUT2D eigenvalue weighted by Crippen LogP contribution is 2.39. The highest BCUT2D eigenvalue weighted by Gasteiger charge is 2.24. The fourth-order valence-electron chi connectivity index (χ4n) is 6.57. The third-order valence-electron chi connectivity index (χ3n) is 8.94. The van der Waals surface area contributed by atoms with E-state index in [-0.39, 0.29) is 5.75 Å². The molecule has 2 aromatic rings. The molecule has 2 aliphatic carbocycles. The van der Waals surface area contributed by atoms with Gasteiger partial charge in [-0.2, -0.15) is 4.39 Å². The van der Waals surface area contributed by atoms with Gasteiger partial charge in [0.05, 0.1) is 6.61 Å². The van der Waals surface area contributed by atoms with E-state index in [9.17, 15) is 4.39 Å². The van der Waals surface area contributed by atoms with Crippen molar-refractivity contribution >= 4 is 0 Å². The van der Waals surface area contributed by atoms with Crippen LogP contribution in [-0.4, -0.2) is 6.61 Å². The molecule has 0 bridgehead atoms. The van der Waals surface area contributed by atoms with E-state index in [1.165, 1.54) is 82.6 Å². The SMILES string of the molecule is CCCCCC1CCC(COc2ccc(-c3ccc(C4CCC(CCC)CC4)cc3)c(F)c2F)CC1. The highest BCUT2D eigenvalue weighted by atomic mass is 19.2. The van der Waals surface area contributed by atoms with Crippen molar-refractivity contribution in [3.05, 3.63) is 53.6 Å². The van der Waals surface area contributed by atoms with Gasteiger partial charge < -0.3 is 4.74 Å². The summed E-state index contributed by atoms with van der Waals surface area (Å²) in [7, 11) is 0. The molecular weight excluding hydrogens is 450 g/mol. The molecule has 0 aromatic heterocycles. The van der Waals surface area contributed by atoms with Crippen LogP contribution in [0.2, 0.25) is 0 Å². The first kappa shape index (κ1) is 27.1. The van der Waals surface area contributed by atoms with Gasteiger partial charge in [0, 0.05) is 5.56 Å². The molecule has 0 spiro atoms. The molecule has 3 heteroatoms. The first-order valence-electron chi connectivity index (χ1n) is 14.8. The van der Waals surface area contributed by atoms with Crippen molar-refractivity contribution in [2.45, 2.75) is 110 Å². The van der Waals surface area contributed by atoms with E-state index < -0.39 is 11.6 Å². The van der Waals surface area contributed by atoms with Crippen molar-refractivity contribution in [3.63, 3.8) is 0 Å². The lowest BCUT2D eigenvalue weighted by atomic mass is 9.77. The first-order chi connectivity index (χ1) is 17.6. The lowest BCUT2D eigenvalue weighted by molar-refractivity contribution is 0.172. The molecule has 2 fully saturated rings. The van der Waals surface area contributed by atoms with Gasteiger partial charge in [0.25, 0.3) is 0 Å². The molecule has 0 atom stereocenters. The lowest BCUT2D eigenvalue weighted by Crippen LogP contribution is -2.20. The van der Waals surface area contributed by atoms with Gasteiger partial charge in [0.2, 0.25) is 5.82 Å². The fourth-order valence-corrected chi connectivity index (χ4v) is 6.57. The van der Waals surface area contributed by atoms with Crippen molar-refractivity contribution in [3.8, 4) is 16.9 Å². The molecule has 2 saturated carbocycles. The molecule has 0 radical (unpaired) electrons. The smallest absolute Gasteiger partial charge is 0.201 e. The van der Waals surface area contributed by atoms with E-state index in [0.717, 1.165) is 30.2 Å². The number of halogens is 2. The largest absolute Gasteiger partial charge is 0.490 e. The van der Waals surface area contributed by atoms with Crippen molar-refractivity contribution < 1.29 is 13.5 Å². The zero-order chi connectivity index (χ0) is 25.3. The number of unbranched alkanes of at least 4 members (excludes halogenated alkanes) is 2. The van der Waals surface area contributed by atoms with Crippen molar-refractivity contribution in [2.24, 2.45) is 17.8 Å². The fraction of sp³-hybridized carbons (Fsp3) is 0.636. The van der Waals surface area contributed by atoms with Gasteiger partial charge >= 0.3 is 0 Å². The maximum atomic E-state index is 15.0. The van der Waals surface area contributed by atoms with Gasteiger partial charge in [0.1, 0.15) is 0 Å². The monoisotopic (exact) mass is 496 g/mol. The van der Waals surface area contributed by atoms with E-state index in [1.807, 2.05) is 12.1 Å². The second kappa shape index (κ2) is 13.6. The normalized spacial score (nSPS) is 24.6. The summed E-state index contributed by atoms with van der Waals surface area (Å²) in [5.74, 6) is 1.13. The van der Waals surface area contributed by atoms with Crippen LogP contribution in [0.3, 0.4) is 0 Å². The molecule has 0 saturated heterocycles. The second-order valence-corrected chi connectivity index (χ2v) is 11.6. The molecule has 2 aromatic carbocycles. The quantitative estimate of drug-likeness (QED) is 0.281. The Balaban J connectivity index is 1.30. The number of rotatable bonds is 11. The molecule has 1 nitrogen and oxygen atoms in total. The Bertz CT molecular complexity index is 921. The molecule has 0 N–H and O–H groups in total. The average molecular weight is 497 g/mol.